The molecule has 0 spiro atoms. The van der Waals surface area contributed by atoms with Crippen molar-refractivity contribution in [1.29, 1.82) is 0 Å². The third-order valence-electron chi connectivity index (χ3n) is 3.12. The van der Waals surface area contributed by atoms with Gasteiger partial charge in [0.05, 0.1) is 0 Å². The first-order valence-corrected chi connectivity index (χ1v) is 6.82. The minimum Gasteiger partial charge on any atom is -0.489 e. The summed E-state index contributed by atoms with van der Waals surface area (Å²) in [6.45, 7) is 6.47. The van der Waals surface area contributed by atoms with E-state index in [-0.39, 0.29) is 6.04 Å². The van der Waals surface area contributed by atoms with E-state index >= 15 is 0 Å². The van der Waals surface area contributed by atoms with Gasteiger partial charge in [-0.25, -0.2) is 0 Å². The van der Waals surface area contributed by atoms with Gasteiger partial charge in [0.25, 0.3) is 0 Å². The highest BCUT2D eigenvalue weighted by atomic mass is 16.5. The van der Waals surface area contributed by atoms with E-state index in [2.05, 4.69) is 18.7 Å². The zero-order valence-electron chi connectivity index (χ0n) is 11.9. The molecule has 0 bridgehead atoms. The molecular weight excluding hydrogens is 246 g/mol. The number of para-hydroxylation sites is 1. The van der Waals surface area contributed by atoms with E-state index in [1.807, 2.05) is 49.4 Å². The fourth-order valence-electron chi connectivity index (χ4n) is 2.14. The summed E-state index contributed by atoms with van der Waals surface area (Å²) in [6, 6.07) is 18.0. The molecule has 0 aromatic heterocycles. The molecule has 0 aliphatic heterocycles. The molecule has 2 aromatic carbocycles. The molecule has 0 amide bonds. The molecule has 0 saturated carbocycles. The van der Waals surface area contributed by atoms with Crippen molar-refractivity contribution < 1.29 is 4.74 Å². The van der Waals surface area contributed by atoms with Gasteiger partial charge in [0.1, 0.15) is 12.4 Å². The van der Waals surface area contributed by atoms with Crippen LogP contribution in [0.5, 0.6) is 5.75 Å². The van der Waals surface area contributed by atoms with Crippen molar-refractivity contribution in [2.24, 2.45) is 5.73 Å². The second kappa shape index (κ2) is 6.92. The molecule has 2 heteroatoms. The molecule has 2 nitrogen and oxygen atoms in total. The summed E-state index contributed by atoms with van der Waals surface area (Å²) in [5, 5.41) is 0. The van der Waals surface area contributed by atoms with E-state index in [9.17, 15) is 0 Å². The number of nitrogens with two attached hydrogens (primary N) is 1. The third-order valence-corrected chi connectivity index (χ3v) is 3.12. The third kappa shape index (κ3) is 3.97. The van der Waals surface area contributed by atoms with Crippen LogP contribution in [-0.4, -0.2) is 0 Å². The Morgan fingerprint density at radius 3 is 2.45 bits per heavy atom. The lowest BCUT2D eigenvalue weighted by Crippen LogP contribution is -2.12. The van der Waals surface area contributed by atoms with Gasteiger partial charge in [-0.3, -0.25) is 0 Å². The number of benzene rings is 2. The normalized spacial score (nSPS) is 11.9. The zero-order valence-corrected chi connectivity index (χ0v) is 11.9. The molecule has 0 heterocycles. The van der Waals surface area contributed by atoms with Crippen molar-refractivity contribution in [3.63, 3.8) is 0 Å². The van der Waals surface area contributed by atoms with Crippen LogP contribution in [0.4, 0.5) is 0 Å². The van der Waals surface area contributed by atoms with Crippen LogP contribution < -0.4 is 10.5 Å². The fraction of sp³-hybridized carbons (Fsp3) is 0.222. The Labute approximate surface area is 120 Å². The first-order valence-electron chi connectivity index (χ1n) is 6.82. The van der Waals surface area contributed by atoms with Crippen LogP contribution in [0, 0.1) is 0 Å². The summed E-state index contributed by atoms with van der Waals surface area (Å²) >= 11 is 0. The Morgan fingerprint density at radius 1 is 1.10 bits per heavy atom. The average molecular weight is 267 g/mol. The number of hydrogen-bond donors (Lipinski definition) is 1. The molecule has 2 aromatic rings. The van der Waals surface area contributed by atoms with Gasteiger partial charge in [-0.1, -0.05) is 54.1 Å². The Hall–Kier alpha value is -2.06. The molecule has 2 rings (SSSR count). The minimum atomic E-state index is -0.0699. The molecule has 0 fully saturated rings. The lowest BCUT2D eigenvalue weighted by molar-refractivity contribution is 0.301. The molecule has 1 atom stereocenters. The average Bonchev–Trinajstić information content (AvgIpc) is 2.46. The van der Waals surface area contributed by atoms with Crippen molar-refractivity contribution in [1.82, 2.24) is 0 Å². The fourth-order valence-corrected chi connectivity index (χ4v) is 2.14. The van der Waals surface area contributed by atoms with E-state index in [1.54, 1.807) is 0 Å². The Balaban J connectivity index is 2.09. The van der Waals surface area contributed by atoms with E-state index in [0.29, 0.717) is 6.61 Å². The van der Waals surface area contributed by atoms with Crippen LogP contribution in [0.25, 0.3) is 0 Å². The van der Waals surface area contributed by atoms with Crippen LogP contribution in [0.3, 0.4) is 0 Å². The topological polar surface area (TPSA) is 35.2 Å². The van der Waals surface area contributed by atoms with Crippen molar-refractivity contribution in [2.75, 3.05) is 0 Å². The Kier molecular flexibility index (Phi) is 4.97. The van der Waals surface area contributed by atoms with E-state index in [0.717, 1.165) is 28.9 Å². The summed E-state index contributed by atoms with van der Waals surface area (Å²) in [4.78, 5) is 0. The monoisotopic (exact) mass is 267 g/mol. The van der Waals surface area contributed by atoms with Gasteiger partial charge in [0.15, 0.2) is 0 Å². The summed E-state index contributed by atoms with van der Waals surface area (Å²) in [6.07, 6.45) is 0.770. The lowest BCUT2D eigenvalue weighted by Gasteiger charge is -2.17. The largest absolute Gasteiger partial charge is 0.489 e. The molecule has 0 unspecified atom stereocenters. The summed E-state index contributed by atoms with van der Waals surface area (Å²) < 4.78 is 5.92. The van der Waals surface area contributed by atoms with Crippen LogP contribution in [0.2, 0.25) is 0 Å². The van der Waals surface area contributed by atoms with Crippen molar-refractivity contribution in [2.45, 2.75) is 26.0 Å². The lowest BCUT2D eigenvalue weighted by atomic mass is 10.0. The first kappa shape index (κ1) is 14.4. The Morgan fingerprint density at radius 2 is 1.75 bits per heavy atom. The zero-order chi connectivity index (χ0) is 14.4. The van der Waals surface area contributed by atoms with Gasteiger partial charge >= 0.3 is 0 Å². The molecule has 0 aliphatic carbocycles. The summed E-state index contributed by atoms with van der Waals surface area (Å²) in [5.41, 5.74) is 9.49. The maximum Gasteiger partial charge on any atom is 0.124 e. The van der Waals surface area contributed by atoms with Crippen LogP contribution >= 0.6 is 0 Å². The van der Waals surface area contributed by atoms with Gasteiger partial charge in [-0.05, 0) is 25.0 Å². The minimum absolute atomic E-state index is 0.0699. The van der Waals surface area contributed by atoms with E-state index in [1.165, 1.54) is 0 Å². The molecule has 0 radical (unpaired) electrons. The highest BCUT2D eigenvalue weighted by molar-refractivity contribution is 5.36. The van der Waals surface area contributed by atoms with Gasteiger partial charge in [-0.2, -0.15) is 0 Å². The van der Waals surface area contributed by atoms with Gasteiger partial charge in [0, 0.05) is 11.6 Å². The maximum atomic E-state index is 6.22. The number of rotatable bonds is 6. The van der Waals surface area contributed by atoms with E-state index < -0.39 is 0 Å². The highest BCUT2D eigenvalue weighted by Gasteiger charge is 2.11. The number of hydrogen-bond acceptors (Lipinski definition) is 2. The molecular formula is C18H21NO. The van der Waals surface area contributed by atoms with Crippen molar-refractivity contribution >= 4 is 0 Å². The molecule has 0 saturated heterocycles. The highest BCUT2D eigenvalue weighted by Crippen LogP contribution is 2.27. The van der Waals surface area contributed by atoms with Gasteiger partial charge in [0.2, 0.25) is 0 Å². The van der Waals surface area contributed by atoms with Crippen molar-refractivity contribution in [3.05, 3.63) is 77.9 Å². The molecule has 20 heavy (non-hydrogen) atoms. The predicted molar refractivity (Wildman–Crippen MR) is 83.6 cm³/mol. The quantitative estimate of drug-likeness (QED) is 0.795. The number of ether oxygens (including phenoxy) is 1. The SMILES string of the molecule is C=C(C)C[C@H](N)c1ccccc1OCc1ccccc1. The van der Waals surface area contributed by atoms with Crippen LogP contribution in [0.1, 0.15) is 30.5 Å². The second-order valence-electron chi connectivity index (χ2n) is 5.08. The summed E-state index contributed by atoms with van der Waals surface area (Å²) in [5.74, 6) is 0.852. The first-order chi connectivity index (χ1) is 9.66. The molecule has 0 aliphatic rings. The van der Waals surface area contributed by atoms with Gasteiger partial charge in [-0.15, -0.1) is 6.58 Å². The standard InChI is InChI=1S/C18H21NO/c1-14(2)12-17(19)16-10-6-7-11-18(16)20-13-15-8-4-3-5-9-15/h3-11,17H,1,12-13,19H2,2H3/t17-/m0/s1. The van der Waals surface area contributed by atoms with Crippen molar-refractivity contribution in [3.8, 4) is 5.75 Å². The second-order valence-corrected chi connectivity index (χ2v) is 5.08. The van der Waals surface area contributed by atoms with Crippen LogP contribution in [-0.2, 0) is 6.61 Å². The maximum absolute atomic E-state index is 6.22. The van der Waals surface area contributed by atoms with E-state index in [4.69, 9.17) is 10.5 Å². The van der Waals surface area contributed by atoms with Gasteiger partial charge < -0.3 is 10.5 Å². The van der Waals surface area contributed by atoms with Crippen LogP contribution in [0.15, 0.2) is 66.7 Å². The summed E-state index contributed by atoms with van der Waals surface area (Å²) in [7, 11) is 0. The predicted octanol–water partition coefficient (Wildman–Crippen LogP) is 4.23. The molecule has 104 valence electrons. The smallest absolute Gasteiger partial charge is 0.124 e. The molecule has 2 N–H and O–H groups in total. The Bertz CT molecular complexity index is 563.